The number of hydrogen-bond donors (Lipinski definition) is 1. The van der Waals surface area contributed by atoms with E-state index in [9.17, 15) is 16.8 Å². The highest BCUT2D eigenvalue weighted by molar-refractivity contribution is 7.91. The van der Waals surface area contributed by atoms with Gasteiger partial charge in [-0.25, -0.2) is 16.8 Å². The predicted molar refractivity (Wildman–Crippen MR) is 92.2 cm³/mol. The van der Waals surface area contributed by atoms with Gasteiger partial charge in [-0.3, -0.25) is 0 Å². The number of sulfonamides is 1. The Morgan fingerprint density at radius 3 is 2.39 bits per heavy atom. The van der Waals surface area contributed by atoms with Crippen LogP contribution in [0.2, 0.25) is 0 Å². The Kier molecular flexibility index (Phi) is 5.45. The third kappa shape index (κ3) is 4.31. The van der Waals surface area contributed by atoms with Crippen LogP contribution in [0.1, 0.15) is 0 Å². The second kappa shape index (κ2) is 7.00. The van der Waals surface area contributed by atoms with Gasteiger partial charge in [0.15, 0.2) is 9.84 Å². The molecule has 0 aliphatic rings. The molecule has 0 aliphatic heterocycles. The zero-order valence-corrected chi connectivity index (χ0v) is 15.2. The summed E-state index contributed by atoms with van der Waals surface area (Å²) in [5.41, 5.74) is 0.469. The van der Waals surface area contributed by atoms with Gasteiger partial charge in [0.05, 0.1) is 10.6 Å². The molecular weight excluding hydrogens is 356 g/mol. The summed E-state index contributed by atoms with van der Waals surface area (Å²) in [6.45, 7) is 0.520. The third-order valence-corrected chi connectivity index (χ3v) is 7.57. The van der Waals surface area contributed by atoms with E-state index in [1.165, 1.54) is 17.4 Å². The van der Waals surface area contributed by atoms with E-state index in [1.54, 1.807) is 35.7 Å². The quantitative estimate of drug-likeness (QED) is 0.800. The van der Waals surface area contributed by atoms with E-state index in [2.05, 4.69) is 5.32 Å². The van der Waals surface area contributed by atoms with Crippen molar-refractivity contribution in [3.8, 4) is 0 Å². The van der Waals surface area contributed by atoms with E-state index in [1.807, 2.05) is 0 Å². The fourth-order valence-electron chi connectivity index (χ4n) is 1.97. The number of nitrogens with one attached hydrogen (secondary N) is 1. The van der Waals surface area contributed by atoms with Gasteiger partial charge in [0.25, 0.3) is 10.0 Å². The Morgan fingerprint density at radius 2 is 1.78 bits per heavy atom. The lowest BCUT2D eigenvalue weighted by molar-refractivity contribution is 0.482. The topological polar surface area (TPSA) is 83.6 Å². The van der Waals surface area contributed by atoms with Crippen LogP contribution in [0.4, 0.5) is 5.69 Å². The van der Waals surface area contributed by atoms with Crippen LogP contribution >= 0.6 is 11.3 Å². The number of rotatable bonds is 7. The molecule has 23 heavy (non-hydrogen) atoms. The molecule has 1 N–H and O–H groups in total. The van der Waals surface area contributed by atoms with Crippen LogP contribution in [0.25, 0.3) is 0 Å². The van der Waals surface area contributed by atoms with E-state index in [4.69, 9.17) is 0 Å². The maximum Gasteiger partial charge on any atom is 0.252 e. The first-order chi connectivity index (χ1) is 10.7. The summed E-state index contributed by atoms with van der Waals surface area (Å²) in [6, 6.07) is 9.79. The highest BCUT2D eigenvalue weighted by atomic mass is 32.2. The van der Waals surface area contributed by atoms with Crippen LogP contribution in [0, 0.1) is 0 Å². The average molecular weight is 375 g/mol. The number of sulfone groups is 1. The molecule has 126 valence electrons. The minimum Gasteiger partial charge on any atom is -0.383 e. The van der Waals surface area contributed by atoms with E-state index in [0.717, 1.165) is 17.6 Å². The lowest BCUT2D eigenvalue weighted by Crippen LogP contribution is -2.31. The van der Waals surface area contributed by atoms with Gasteiger partial charge in [-0.2, -0.15) is 4.31 Å². The van der Waals surface area contributed by atoms with Crippen LogP contribution in [0.3, 0.4) is 0 Å². The zero-order chi connectivity index (χ0) is 17.1. The molecule has 0 saturated carbocycles. The molecular formula is C14H18N2O4S3. The van der Waals surface area contributed by atoms with Gasteiger partial charge < -0.3 is 5.32 Å². The number of anilines is 1. The second-order valence-corrected chi connectivity index (χ2v) is 10.2. The first-order valence-electron chi connectivity index (χ1n) is 6.76. The molecule has 6 nitrogen and oxygen atoms in total. The summed E-state index contributed by atoms with van der Waals surface area (Å²) in [5.74, 6) is 0. The van der Waals surface area contributed by atoms with Gasteiger partial charge in [-0.05, 0) is 23.6 Å². The van der Waals surface area contributed by atoms with Gasteiger partial charge >= 0.3 is 0 Å². The standard InChI is InChI=1S/C14H18N2O4S3/c1-16(23(19,20)14-8-5-11-21-14)10-9-15-12-6-3-4-7-13(12)22(2,17)18/h3-8,11,15H,9-10H2,1-2H3. The molecule has 0 spiro atoms. The van der Waals surface area contributed by atoms with E-state index in [0.29, 0.717) is 12.2 Å². The smallest absolute Gasteiger partial charge is 0.252 e. The number of hydrogen-bond acceptors (Lipinski definition) is 6. The summed E-state index contributed by atoms with van der Waals surface area (Å²) >= 11 is 1.16. The van der Waals surface area contributed by atoms with Crippen LogP contribution < -0.4 is 5.32 Å². The van der Waals surface area contributed by atoms with Gasteiger partial charge in [0.2, 0.25) is 0 Å². The molecule has 9 heteroatoms. The molecule has 0 fully saturated rings. The summed E-state index contributed by atoms with van der Waals surface area (Å²) in [4.78, 5) is 0.198. The van der Waals surface area contributed by atoms with Crippen LogP contribution in [0.15, 0.2) is 50.9 Å². The Balaban J connectivity index is 2.04. The Labute approximate surface area is 140 Å². The first kappa shape index (κ1) is 17.9. The molecule has 1 aromatic heterocycles. The largest absolute Gasteiger partial charge is 0.383 e. The Bertz CT molecular complexity index is 859. The van der Waals surface area contributed by atoms with Crippen LogP contribution in [-0.4, -0.2) is 47.5 Å². The summed E-state index contributed by atoms with van der Waals surface area (Å²) in [6.07, 6.45) is 1.14. The number of thiophene rings is 1. The minimum atomic E-state index is -3.50. The van der Waals surface area contributed by atoms with E-state index in [-0.39, 0.29) is 15.6 Å². The second-order valence-electron chi connectivity index (χ2n) is 4.95. The molecule has 0 atom stereocenters. The summed E-state index contributed by atoms with van der Waals surface area (Å²) < 4.78 is 49.5. The average Bonchev–Trinajstić information content (AvgIpc) is 3.01. The highest BCUT2D eigenvalue weighted by Crippen LogP contribution is 2.21. The molecule has 1 heterocycles. The highest BCUT2D eigenvalue weighted by Gasteiger charge is 2.21. The van der Waals surface area contributed by atoms with Crippen LogP contribution in [0.5, 0.6) is 0 Å². The summed E-state index contributed by atoms with van der Waals surface area (Å²) in [7, 11) is -5.34. The third-order valence-electron chi connectivity index (χ3n) is 3.19. The monoisotopic (exact) mass is 374 g/mol. The van der Waals surface area contributed by atoms with Crippen molar-refractivity contribution < 1.29 is 16.8 Å². The maximum atomic E-state index is 12.3. The van der Waals surface area contributed by atoms with Gasteiger partial charge in [0.1, 0.15) is 4.21 Å². The summed E-state index contributed by atoms with van der Waals surface area (Å²) in [5, 5.41) is 4.70. The molecule has 0 aliphatic carbocycles. The molecule has 0 unspecified atom stereocenters. The van der Waals surface area contributed by atoms with Crippen molar-refractivity contribution in [1.82, 2.24) is 4.31 Å². The lowest BCUT2D eigenvalue weighted by Gasteiger charge is -2.17. The van der Waals surface area contributed by atoms with Crippen LogP contribution in [-0.2, 0) is 19.9 Å². The molecule has 0 radical (unpaired) electrons. The van der Waals surface area contributed by atoms with Crippen molar-refractivity contribution in [2.75, 3.05) is 31.7 Å². The fraction of sp³-hybridized carbons (Fsp3) is 0.286. The van der Waals surface area contributed by atoms with Gasteiger partial charge in [-0.1, -0.05) is 18.2 Å². The Hall–Kier alpha value is -1.42. The molecule has 0 amide bonds. The fourth-order valence-corrected chi connectivity index (χ4v) is 5.21. The SMILES string of the molecule is CN(CCNc1ccccc1S(C)(=O)=O)S(=O)(=O)c1cccs1. The number of likely N-dealkylation sites (N-methyl/N-ethyl adjacent to an activating group) is 1. The first-order valence-corrected chi connectivity index (χ1v) is 11.0. The molecule has 1 aromatic carbocycles. The van der Waals surface area contributed by atoms with Crippen molar-refractivity contribution in [2.45, 2.75) is 9.10 Å². The molecule has 2 rings (SSSR count). The molecule has 0 bridgehead atoms. The zero-order valence-electron chi connectivity index (χ0n) is 12.8. The van der Waals surface area contributed by atoms with Gasteiger partial charge in [-0.15, -0.1) is 11.3 Å². The van der Waals surface area contributed by atoms with Crippen molar-refractivity contribution in [2.24, 2.45) is 0 Å². The maximum absolute atomic E-state index is 12.3. The minimum absolute atomic E-state index is 0.198. The molecule has 2 aromatic rings. The lowest BCUT2D eigenvalue weighted by atomic mass is 10.3. The van der Waals surface area contributed by atoms with Gasteiger partial charge in [0, 0.05) is 26.4 Å². The number of benzene rings is 1. The van der Waals surface area contributed by atoms with Crippen molar-refractivity contribution in [1.29, 1.82) is 0 Å². The van der Waals surface area contributed by atoms with Crippen molar-refractivity contribution in [3.05, 3.63) is 41.8 Å². The van der Waals surface area contributed by atoms with Crippen molar-refractivity contribution in [3.63, 3.8) is 0 Å². The number of para-hydroxylation sites is 1. The normalized spacial score (nSPS) is 12.5. The number of nitrogens with zero attached hydrogens (tertiary/aromatic N) is 1. The van der Waals surface area contributed by atoms with E-state index < -0.39 is 19.9 Å². The van der Waals surface area contributed by atoms with E-state index >= 15 is 0 Å². The predicted octanol–water partition coefficient (Wildman–Crippen LogP) is 1.88. The molecule has 0 saturated heterocycles. The van der Waals surface area contributed by atoms with Crippen molar-refractivity contribution >= 4 is 36.9 Å². The Morgan fingerprint density at radius 1 is 1.09 bits per heavy atom.